The standard InChI is InChI=1S/C4H3BrCl4/c5-4(9)2(6)1-3(7)8/h1-2,4H. The number of hydrogen-bond acceptors (Lipinski definition) is 0. The van der Waals surface area contributed by atoms with Crippen LogP contribution in [0.3, 0.4) is 0 Å². The van der Waals surface area contributed by atoms with Crippen LogP contribution in [0.1, 0.15) is 0 Å². The molecule has 9 heavy (non-hydrogen) atoms. The van der Waals surface area contributed by atoms with E-state index < -0.39 is 0 Å². The van der Waals surface area contributed by atoms with Gasteiger partial charge in [-0.2, -0.15) is 0 Å². The fourth-order valence-corrected chi connectivity index (χ4v) is 0.945. The van der Waals surface area contributed by atoms with Crippen LogP contribution >= 0.6 is 62.3 Å². The zero-order valence-corrected chi connectivity index (χ0v) is 8.73. The number of alkyl halides is 3. The van der Waals surface area contributed by atoms with Crippen molar-refractivity contribution in [2.45, 2.75) is 9.66 Å². The molecule has 0 aromatic heterocycles. The van der Waals surface area contributed by atoms with Crippen molar-refractivity contribution in [3.8, 4) is 0 Å². The second-order valence-corrected chi connectivity index (χ2v) is 4.73. The molecule has 0 aliphatic rings. The zero-order valence-electron chi connectivity index (χ0n) is 4.12. The van der Waals surface area contributed by atoms with Crippen LogP contribution in [0.5, 0.6) is 0 Å². The van der Waals surface area contributed by atoms with Gasteiger partial charge in [-0.1, -0.05) is 39.1 Å². The van der Waals surface area contributed by atoms with Gasteiger partial charge in [0, 0.05) is 0 Å². The van der Waals surface area contributed by atoms with Gasteiger partial charge < -0.3 is 0 Å². The Morgan fingerprint density at radius 2 is 1.78 bits per heavy atom. The Labute approximate surface area is 82.2 Å². The Kier molecular flexibility index (Phi) is 5.87. The van der Waals surface area contributed by atoms with Crippen LogP contribution in [0.2, 0.25) is 0 Å². The molecule has 0 N–H and O–H groups in total. The normalized spacial score (nSPS) is 16.6. The summed E-state index contributed by atoms with van der Waals surface area (Å²) in [6, 6.07) is 0. The second kappa shape index (κ2) is 5.09. The fraction of sp³-hybridized carbons (Fsp3) is 0.500. The third-order valence-corrected chi connectivity index (χ3v) is 2.43. The van der Waals surface area contributed by atoms with E-state index in [-0.39, 0.29) is 14.2 Å². The lowest BCUT2D eigenvalue weighted by molar-refractivity contribution is 1.19. The molecule has 54 valence electrons. The van der Waals surface area contributed by atoms with Gasteiger partial charge in [0.15, 0.2) is 0 Å². The summed E-state index contributed by atoms with van der Waals surface area (Å²) in [6.07, 6.45) is 1.44. The van der Waals surface area contributed by atoms with Gasteiger partial charge in [-0.05, 0) is 6.08 Å². The van der Waals surface area contributed by atoms with Gasteiger partial charge >= 0.3 is 0 Å². The molecule has 0 radical (unpaired) electrons. The molecule has 0 spiro atoms. The van der Waals surface area contributed by atoms with Gasteiger partial charge in [0.1, 0.15) is 8.78 Å². The van der Waals surface area contributed by atoms with Crippen LogP contribution in [0.25, 0.3) is 0 Å². The Morgan fingerprint density at radius 1 is 1.33 bits per heavy atom. The van der Waals surface area contributed by atoms with Crippen LogP contribution in [0, 0.1) is 0 Å². The number of halogens is 5. The molecule has 0 heterocycles. The van der Waals surface area contributed by atoms with Gasteiger partial charge in [0.05, 0.1) is 5.38 Å². The molecule has 0 fully saturated rings. The summed E-state index contributed by atoms with van der Waals surface area (Å²) in [4.78, 5) is 0. The first-order chi connectivity index (χ1) is 4.04. The minimum absolute atomic E-state index is 0.125. The van der Waals surface area contributed by atoms with E-state index in [4.69, 9.17) is 46.4 Å². The predicted octanol–water partition coefficient (Wildman–Crippen LogP) is 3.87. The maximum absolute atomic E-state index is 5.59. The minimum atomic E-state index is -0.378. The van der Waals surface area contributed by atoms with Crippen molar-refractivity contribution in [1.29, 1.82) is 0 Å². The second-order valence-electron chi connectivity index (χ2n) is 1.24. The van der Waals surface area contributed by atoms with Gasteiger partial charge in [0.25, 0.3) is 0 Å². The van der Waals surface area contributed by atoms with Crippen molar-refractivity contribution in [2.24, 2.45) is 0 Å². The molecule has 0 rings (SSSR count). The van der Waals surface area contributed by atoms with Crippen LogP contribution in [0.15, 0.2) is 10.6 Å². The van der Waals surface area contributed by atoms with Gasteiger partial charge in [-0.25, -0.2) is 0 Å². The molecule has 0 aromatic rings. The molecule has 0 saturated carbocycles. The number of hydrogen-bond donors (Lipinski definition) is 0. The van der Waals surface area contributed by atoms with Crippen molar-refractivity contribution in [1.82, 2.24) is 0 Å². The average molecular weight is 273 g/mol. The van der Waals surface area contributed by atoms with Crippen molar-refractivity contribution in [2.75, 3.05) is 0 Å². The van der Waals surface area contributed by atoms with Crippen LogP contribution in [-0.4, -0.2) is 9.66 Å². The lowest BCUT2D eigenvalue weighted by Crippen LogP contribution is -2.02. The highest BCUT2D eigenvalue weighted by Crippen LogP contribution is 2.20. The van der Waals surface area contributed by atoms with Crippen LogP contribution < -0.4 is 0 Å². The van der Waals surface area contributed by atoms with Crippen molar-refractivity contribution < 1.29 is 0 Å². The minimum Gasteiger partial charge on any atom is -0.116 e. The van der Waals surface area contributed by atoms with E-state index in [1.54, 1.807) is 0 Å². The first-order valence-electron chi connectivity index (χ1n) is 1.99. The molecular weight excluding hydrogens is 270 g/mol. The predicted molar refractivity (Wildman–Crippen MR) is 48.0 cm³/mol. The monoisotopic (exact) mass is 270 g/mol. The summed E-state index contributed by atoms with van der Waals surface area (Å²) >= 11 is 24.7. The maximum Gasteiger partial charge on any atom is 0.108 e. The first-order valence-corrected chi connectivity index (χ1v) is 4.53. The molecule has 2 atom stereocenters. The van der Waals surface area contributed by atoms with Crippen molar-refractivity contribution >= 4 is 62.3 Å². The van der Waals surface area contributed by atoms with E-state index in [2.05, 4.69) is 15.9 Å². The van der Waals surface area contributed by atoms with E-state index in [9.17, 15) is 0 Å². The maximum atomic E-state index is 5.59. The number of allylic oxidation sites excluding steroid dienone is 1. The Bertz CT molecular complexity index is 107. The van der Waals surface area contributed by atoms with Gasteiger partial charge in [-0.3, -0.25) is 0 Å². The molecule has 0 bridgehead atoms. The number of rotatable bonds is 2. The molecule has 2 unspecified atom stereocenters. The van der Waals surface area contributed by atoms with Crippen LogP contribution in [0.4, 0.5) is 0 Å². The summed E-state index contributed by atoms with van der Waals surface area (Å²) in [5.41, 5.74) is 0. The molecule has 0 aromatic carbocycles. The lowest BCUT2D eigenvalue weighted by atomic mass is 10.5. The molecule has 0 aliphatic heterocycles. The highest BCUT2D eigenvalue weighted by atomic mass is 79.9. The topological polar surface area (TPSA) is 0 Å². The van der Waals surface area contributed by atoms with Crippen molar-refractivity contribution in [3.05, 3.63) is 10.6 Å². The summed E-state index contributed by atoms with van der Waals surface area (Å²) in [5.74, 6) is 0. The molecule has 0 aliphatic carbocycles. The lowest BCUT2D eigenvalue weighted by Gasteiger charge is -2.02. The molecule has 0 nitrogen and oxygen atoms in total. The fourth-order valence-electron chi connectivity index (χ4n) is 0.193. The summed E-state index contributed by atoms with van der Waals surface area (Å²) in [6.45, 7) is 0. The quantitative estimate of drug-likeness (QED) is 0.670. The Hall–Kier alpha value is 1.38. The zero-order chi connectivity index (χ0) is 7.44. The Morgan fingerprint density at radius 3 is 1.89 bits per heavy atom. The smallest absolute Gasteiger partial charge is 0.108 e. The largest absolute Gasteiger partial charge is 0.116 e. The van der Waals surface area contributed by atoms with Crippen molar-refractivity contribution in [3.63, 3.8) is 0 Å². The van der Waals surface area contributed by atoms with Gasteiger partial charge in [0.2, 0.25) is 0 Å². The van der Waals surface area contributed by atoms with E-state index >= 15 is 0 Å². The molecule has 0 saturated heterocycles. The van der Waals surface area contributed by atoms with E-state index in [1.807, 2.05) is 0 Å². The molecular formula is C4H3BrCl4. The van der Waals surface area contributed by atoms with Gasteiger partial charge in [-0.15, -0.1) is 23.2 Å². The Balaban J connectivity index is 3.76. The molecule has 0 amide bonds. The third kappa shape index (κ3) is 5.81. The highest BCUT2D eigenvalue weighted by molar-refractivity contribution is 9.10. The van der Waals surface area contributed by atoms with E-state index in [0.717, 1.165) is 0 Å². The van der Waals surface area contributed by atoms with E-state index in [1.165, 1.54) is 6.08 Å². The summed E-state index contributed by atoms with van der Waals surface area (Å²) in [5, 5.41) is -0.378. The molecule has 5 heteroatoms. The average Bonchev–Trinajstić information content (AvgIpc) is 1.63. The first kappa shape index (κ1) is 10.4. The third-order valence-electron chi connectivity index (χ3n) is 0.526. The summed E-state index contributed by atoms with van der Waals surface area (Å²) in [7, 11) is 0. The van der Waals surface area contributed by atoms with E-state index in [0.29, 0.717) is 0 Å². The summed E-state index contributed by atoms with van der Waals surface area (Å²) < 4.78 is -0.216. The highest BCUT2D eigenvalue weighted by Gasteiger charge is 2.09. The van der Waals surface area contributed by atoms with Crippen LogP contribution in [-0.2, 0) is 0 Å². The SMILES string of the molecule is ClC(Cl)=CC(Cl)C(Cl)Br.